The van der Waals surface area contributed by atoms with Crippen LogP contribution in [-0.4, -0.2) is 12.5 Å². The summed E-state index contributed by atoms with van der Waals surface area (Å²) < 4.78 is 0. The maximum Gasteiger partial charge on any atom is 0.220 e. The van der Waals surface area contributed by atoms with Crippen LogP contribution in [0.2, 0.25) is 0 Å². The lowest BCUT2D eigenvalue weighted by atomic mass is 9.49. The average Bonchev–Trinajstić information content (AvgIpc) is 3.06. The van der Waals surface area contributed by atoms with Crippen molar-refractivity contribution in [2.24, 2.45) is 40.9 Å². The third-order valence-electron chi connectivity index (χ3n) is 8.16. The molecule has 22 heavy (non-hydrogen) atoms. The van der Waals surface area contributed by atoms with E-state index in [1.54, 1.807) is 0 Å². The van der Waals surface area contributed by atoms with Gasteiger partial charge in [-0.25, -0.2) is 0 Å². The molecule has 0 unspecified atom stereocenters. The minimum Gasteiger partial charge on any atom is -0.356 e. The number of hydrogen-bond donors (Lipinski definition) is 1. The molecule has 6 saturated carbocycles. The third kappa shape index (κ3) is 2.32. The number of rotatable bonds is 4. The average molecular weight is 301 g/mol. The van der Waals surface area contributed by atoms with Crippen LogP contribution in [0.1, 0.15) is 70.6 Å². The van der Waals surface area contributed by atoms with Crippen molar-refractivity contribution < 1.29 is 4.79 Å². The van der Waals surface area contributed by atoms with Crippen molar-refractivity contribution in [3.8, 4) is 0 Å². The molecular weight excluding hydrogens is 270 g/mol. The Morgan fingerprint density at radius 3 is 2.09 bits per heavy atom. The van der Waals surface area contributed by atoms with E-state index in [9.17, 15) is 4.79 Å². The van der Waals surface area contributed by atoms with E-state index in [4.69, 9.17) is 0 Å². The lowest BCUT2D eigenvalue weighted by Crippen LogP contribution is -2.51. The van der Waals surface area contributed by atoms with E-state index in [1.807, 2.05) is 0 Å². The summed E-state index contributed by atoms with van der Waals surface area (Å²) >= 11 is 0. The summed E-state index contributed by atoms with van der Waals surface area (Å²) in [5.74, 6) is 5.92. The fourth-order valence-corrected chi connectivity index (χ4v) is 7.73. The summed E-state index contributed by atoms with van der Waals surface area (Å²) in [6.07, 6.45) is 15.2. The molecule has 0 aromatic heterocycles. The van der Waals surface area contributed by atoms with Crippen molar-refractivity contribution in [3.05, 3.63) is 0 Å². The molecule has 1 amide bonds. The summed E-state index contributed by atoms with van der Waals surface area (Å²) in [5, 5.41) is 3.39. The van der Waals surface area contributed by atoms with Gasteiger partial charge < -0.3 is 5.32 Å². The molecule has 6 fully saturated rings. The minimum atomic E-state index is 0.369. The number of fused-ring (bicyclic) bond motifs is 2. The first-order valence-electron chi connectivity index (χ1n) is 9.94. The Morgan fingerprint density at radius 1 is 0.864 bits per heavy atom. The summed E-state index contributed by atoms with van der Waals surface area (Å²) in [6, 6.07) is 0. The van der Waals surface area contributed by atoms with E-state index in [0.29, 0.717) is 11.3 Å². The van der Waals surface area contributed by atoms with Gasteiger partial charge in [0.25, 0.3) is 0 Å². The van der Waals surface area contributed by atoms with Crippen molar-refractivity contribution >= 4 is 5.91 Å². The van der Waals surface area contributed by atoms with Crippen LogP contribution in [0.5, 0.6) is 0 Å². The van der Waals surface area contributed by atoms with Gasteiger partial charge in [0, 0.05) is 13.0 Å². The van der Waals surface area contributed by atoms with E-state index in [-0.39, 0.29) is 0 Å². The monoisotopic (exact) mass is 301 g/mol. The highest BCUT2D eigenvalue weighted by Crippen LogP contribution is 2.59. The normalized spacial score (nSPS) is 51.5. The summed E-state index contributed by atoms with van der Waals surface area (Å²) in [6.45, 7) is 0.996. The van der Waals surface area contributed by atoms with Gasteiger partial charge in [0.05, 0.1) is 0 Å². The molecule has 2 heteroatoms. The van der Waals surface area contributed by atoms with E-state index < -0.39 is 0 Å². The molecule has 0 aromatic carbocycles. The Hall–Kier alpha value is -0.530. The van der Waals surface area contributed by atoms with Crippen LogP contribution in [0, 0.1) is 40.9 Å². The van der Waals surface area contributed by atoms with E-state index >= 15 is 0 Å². The second-order valence-corrected chi connectivity index (χ2v) is 9.83. The molecule has 0 aliphatic heterocycles. The van der Waals surface area contributed by atoms with Crippen LogP contribution in [0.4, 0.5) is 0 Å². The lowest BCUT2D eigenvalue weighted by Gasteiger charge is -2.56. The second kappa shape index (κ2) is 4.98. The fraction of sp³-hybridized carbons (Fsp3) is 0.950. The maximum absolute atomic E-state index is 12.5. The first-order chi connectivity index (χ1) is 10.7. The first kappa shape index (κ1) is 13.9. The Labute approximate surface area is 134 Å². The Morgan fingerprint density at radius 2 is 1.55 bits per heavy atom. The summed E-state index contributed by atoms with van der Waals surface area (Å²) in [4.78, 5) is 12.5. The molecule has 2 nitrogen and oxygen atoms in total. The zero-order chi connectivity index (χ0) is 14.7. The maximum atomic E-state index is 12.5. The predicted octanol–water partition coefficient (Wildman–Crippen LogP) is 4.15. The number of carbonyl (C=O) groups is 1. The zero-order valence-corrected chi connectivity index (χ0v) is 13.9. The smallest absolute Gasteiger partial charge is 0.220 e. The van der Waals surface area contributed by atoms with Gasteiger partial charge in [-0.15, -0.1) is 0 Å². The second-order valence-electron chi connectivity index (χ2n) is 9.83. The van der Waals surface area contributed by atoms with Crippen molar-refractivity contribution in [2.45, 2.75) is 70.6 Å². The van der Waals surface area contributed by atoms with Crippen LogP contribution in [0.25, 0.3) is 0 Å². The van der Waals surface area contributed by atoms with Crippen LogP contribution in [0.15, 0.2) is 0 Å². The van der Waals surface area contributed by atoms with Gasteiger partial charge in [0.1, 0.15) is 0 Å². The predicted molar refractivity (Wildman–Crippen MR) is 87.2 cm³/mol. The van der Waals surface area contributed by atoms with Gasteiger partial charge in [0.15, 0.2) is 0 Å². The number of hydrogen-bond acceptors (Lipinski definition) is 1. The molecule has 0 spiro atoms. The Kier molecular flexibility index (Phi) is 3.14. The van der Waals surface area contributed by atoms with Crippen molar-refractivity contribution in [3.63, 3.8) is 0 Å². The molecule has 0 saturated heterocycles. The largest absolute Gasteiger partial charge is 0.356 e. The molecule has 6 aliphatic rings. The quantitative estimate of drug-likeness (QED) is 0.830. The van der Waals surface area contributed by atoms with Crippen LogP contribution < -0.4 is 5.32 Å². The van der Waals surface area contributed by atoms with Crippen molar-refractivity contribution in [2.75, 3.05) is 6.54 Å². The highest BCUT2D eigenvalue weighted by atomic mass is 16.1. The van der Waals surface area contributed by atoms with Crippen LogP contribution >= 0.6 is 0 Å². The standard InChI is InChI=1S/C20H31NO/c22-19(8-18-7-13-1-2-17(18)6-13)21-12-20-9-14-3-15(10-20)5-16(4-14)11-20/h13-18H,1-12H2,(H,21,22)/t13-,14?,15?,16?,17+,18-,20?/m0/s1. The first-order valence-corrected chi connectivity index (χ1v) is 9.94. The van der Waals surface area contributed by atoms with Gasteiger partial charge in [-0.05, 0) is 98.7 Å². The van der Waals surface area contributed by atoms with Gasteiger partial charge in [-0.2, -0.15) is 0 Å². The van der Waals surface area contributed by atoms with Crippen LogP contribution in [-0.2, 0) is 4.79 Å². The molecule has 0 heterocycles. The fourth-order valence-electron chi connectivity index (χ4n) is 7.73. The third-order valence-corrected chi connectivity index (χ3v) is 8.16. The van der Waals surface area contributed by atoms with Gasteiger partial charge in [-0.3, -0.25) is 4.79 Å². The lowest BCUT2D eigenvalue weighted by molar-refractivity contribution is -0.124. The minimum absolute atomic E-state index is 0.369. The SMILES string of the molecule is O=C(C[C@@H]1C[C@H]2CC[C@@H]1C2)NCC12CC3CC(CC(C3)C1)C2. The van der Waals surface area contributed by atoms with Crippen LogP contribution in [0.3, 0.4) is 0 Å². The van der Waals surface area contributed by atoms with Gasteiger partial charge in [-0.1, -0.05) is 6.42 Å². The Balaban J connectivity index is 1.16. The molecular formula is C20H31NO. The highest BCUT2D eigenvalue weighted by Gasteiger charge is 2.50. The number of carbonyl (C=O) groups excluding carboxylic acids is 1. The highest BCUT2D eigenvalue weighted by molar-refractivity contribution is 5.76. The zero-order valence-electron chi connectivity index (χ0n) is 13.9. The number of nitrogens with one attached hydrogen (secondary N) is 1. The molecule has 1 N–H and O–H groups in total. The molecule has 0 radical (unpaired) electrons. The van der Waals surface area contributed by atoms with E-state index in [0.717, 1.165) is 48.5 Å². The number of amides is 1. The Bertz CT molecular complexity index is 435. The van der Waals surface area contributed by atoms with E-state index in [1.165, 1.54) is 64.2 Å². The summed E-state index contributed by atoms with van der Waals surface area (Å²) in [7, 11) is 0. The van der Waals surface area contributed by atoms with E-state index in [2.05, 4.69) is 5.32 Å². The molecule has 0 aromatic rings. The molecule has 6 bridgehead atoms. The van der Waals surface area contributed by atoms with Gasteiger partial charge >= 0.3 is 0 Å². The molecule has 6 rings (SSSR count). The molecule has 3 atom stereocenters. The van der Waals surface area contributed by atoms with Crippen molar-refractivity contribution in [1.82, 2.24) is 5.32 Å². The van der Waals surface area contributed by atoms with Crippen molar-refractivity contribution in [1.29, 1.82) is 0 Å². The van der Waals surface area contributed by atoms with Gasteiger partial charge in [0.2, 0.25) is 5.91 Å². The molecule has 6 aliphatic carbocycles. The summed E-state index contributed by atoms with van der Waals surface area (Å²) in [5.41, 5.74) is 0.499. The molecule has 122 valence electrons. The topological polar surface area (TPSA) is 29.1 Å².